The molecule has 1 aromatic heterocycles. The quantitative estimate of drug-likeness (QED) is 0.913. The first-order chi connectivity index (χ1) is 9.19. The standard InChI is InChI=1S/C15H23N3S/c1-4-15(5-2)10-17-14(19-11-15)18-12(3)13-7-6-8-16-9-13/h6-9,12H,4-5,10-11H2,1-3H3,(H,17,18). The van der Waals surface area contributed by atoms with Gasteiger partial charge in [-0.2, -0.15) is 0 Å². The highest BCUT2D eigenvalue weighted by atomic mass is 32.2. The Bertz CT molecular complexity index is 426. The van der Waals surface area contributed by atoms with Gasteiger partial charge in [0.25, 0.3) is 0 Å². The molecule has 0 bridgehead atoms. The van der Waals surface area contributed by atoms with E-state index >= 15 is 0 Å². The van der Waals surface area contributed by atoms with Gasteiger partial charge in [0.1, 0.15) is 0 Å². The minimum Gasteiger partial charge on any atom is -0.358 e. The van der Waals surface area contributed by atoms with Crippen molar-refractivity contribution in [2.75, 3.05) is 12.3 Å². The molecule has 0 spiro atoms. The van der Waals surface area contributed by atoms with E-state index in [1.54, 1.807) is 6.20 Å². The molecule has 1 unspecified atom stereocenters. The number of thioether (sulfide) groups is 1. The van der Waals surface area contributed by atoms with Crippen LogP contribution in [0.15, 0.2) is 29.5 Å². The summed E-state index contributed by atoms with van der Waals surface area (Å²) >= 11 is 1.86. The fourth-order valence-electron chi connectivity index (χ4n) is 2.22. The maximum Gasteiger partial charge on any atom is 0.157 e. The lowest BCUT2D eigenvalue weighted by Gasteiger charge is -2.34. The Morgan fingerprint density at radius 1 is 1.42 bits per heavy atom. The highest BCUT2D eigenvalue weighted by Crippen LogP contribution is 2.35. The Hall–Kier alpha value is -1.03. The Labute approximate surface area is 120 Å². The van der Waals surface area contributed by atoms with Crippen LogP contribution < -0.4 is 5.32 Å². The molecule has 3 nitrogen and oxygen atoms in total. The largest absolute Gasteiger partial charge is 0.358 e. The van der Waals surface area contributed by atoms with Gasteiger partial charge in [0, 0.05) is 24.7 Å². The summed E-state index contributed by atoms with van der Waals surface area (Å²) in [6.07, 6.45) is 6.14. The fourth-order valence-corrected chi connectivity index (χ4v) is 3.58. The summed E-state index contributed by atoms with van der Waals surface area (Å²) in [4.78, 5) is 8.90. The van der Waals surface area contributed by atoms with Crippen molar-refractivity contribution < 1.29 is 0 Å². The summed E-state index contributed by atoms with van der Waals surface area (Å²) in [5.41, 5.74) is 1.61. The zero-order chi connectivity index (χ0) is 13.7. The van der Waals surface area contributed by atoms with Gasteiger partial charge in [0.2, 0.25) is 0 Å². The second kappa shape index (κ2) is 6.42. The number of hydrogen-bond acceptors (Lipinski definition) is 4. The van der Waals surface area contributed by atoms with Crippen molar-refractivity contribution in [2.24, 2.45) is 10.4 Å². The number of hydrogen-bond donors (Lipinski definition) is 1. The van der Waals surface area contributed by atoms with Crippen molar-refractivity contribution in [3.63, 3.8) is 0 Å². The minimum atomic E-state index is 0.260. The highest BCUT2D eigenvalue weighted by molar-refractivity contribution is 8.13. The zero-order valence-electron chi connectivity index (χ0n) is 12.0. The summed E-state index contributed by atoms with van der Waals surface area (Å²) in [7, 11) is 0. The van der Waals surface area contributed by atoms with Gasteiger partial charge >= 0.3 is 0 Å². The summed E-state index contributed by atoms with van der Waals surface area (Å²) in [5.74, 6) is 1.17. The summed E-state index contributed by atoms with van der Waals surface area (Å²) in [6.45, 7) is 7.66. The van der Waals surface area contributed by atoms with Crippen LogP contribution in [0.3, 0.4) is 0 Å². The second-order valence-electron chi connectivity index (χ2n) is 5.27. The molecule has 1 aliphatic rings. The van der Waals surface area contributed by atoms with E-state index in [0.717, 1.165) is 11.7 Å². The van der Waals surface area contributed by atoms with E-state index in [4.69, 9.17) is 4.99 Å². The smallest absolute Gasteiger partial charge is 0.157 e. The van der Waals surface area contributed by atoms with E-state index in [1.807, 2.05) is 24.0 Å². The molecule has 1 aromatic rings. The molecule has 2 heterocycles. The van der Waals surface area contributed by atoms with E-state index in [1.165, 1.54) is 24.2 Å². The van der Waals surface area contributed by atoms with Gasteiger partial charge in [0.05, 0.1) is 6.04 Å². The highest BCUT2D eigenvalue weighted by Gasteiger charge is 2.30. The lowest BCUT2D eigenvalue weighted by atomic mass is 9.84. The molecule has 0 saturated carbocycles. The van der Waals surface area contributed by atoms with E-state index in [-0.39, 0.29) is 6.04 Å². The van der Waals surface area contributed by atoms with Crippen LogP contribution in [0.5, 0.6) is 0 Å². The number of amidine groups is 1. The molecular weight excluding hydrogens is 254 g/mol. The van der Waals surface area contributed by atoms with Crippen LogP contribution in [0, 0.1) is 5.41 Å². The van der Waals surface area contributed by atoms with Gasteiger partial charge in [0.15, 0.2) is 5.17 Å². The molecule has 19 heavy (non-hydrogen) atoms. The van der Waals surface area contributed by atoms with Gasteiger partial charge in [-0.3, -0.25) is 9.98 Å². The average molecular weight is 277 g/mol. The van der Waals surface area contributed by atoms with Crippen LogP contribution in [0.25, 0.3) is 0 Å². The predicted octanol–water partition coefficient (Wildman–Crippen LogP) is 3.64. The maximum absolute atomic E-state index is 4.74. The number of nitrogens with zero attached hydrogens (tertiary/aromatic N) is 2. The molecule has 0 aromatic carbocycles. The van der Waals surface area contributed by atoms with Gasteiger partial charge in [-0.1, -0.05) is 31.7 Å². The molecule has 104 valence electrons. The summed E-state index contributed by atoms with van der Waals surface area (Å²) in [5, 5.41) is 4.57. The lowest BCUT2D eigenvalue weighted by Crippen LogP contribution is -2.35. The molecule has 1 aliphatic heterocycles. The van der Waals surface area contributed by atoms with Crippen LogP contribution >= 0.6 is 11.8 Å². The monoisotopic (exact) mass is 277 g/mol. The molecule has 0 saturated heterocycles. The molecule has 4 heteroatoms. The zero-order valence-corrected chi connectivity index (χ0v) is 12.8. The van der Waals surface area contributed by atoms with Gasteiger partial charge in [-0.05, 0) is 36.8 Å². The molecule has 2 rings (SSSR count). The summed E-state index contributed by atoms with van der Waals surface area (Å²) in [6, 6.07) is 4.33. The van der Waals surface area contributed by atoms with E-state index in [0.29, 0.717) is 5.41 Å². The Morgan fingerprint density at radius 3 is 2.74 bits per heavy atom. The van der Waals surface area contributed by atoms with E-state index in [9.17, 15) is 0 Å². The number of pyridine rings is 1. The average Bonchev–Trinajstić information content (AvgIpc) is 2.49. The van der Waals surface area contributed by atoms with Gasteiger partial charge in [-0.25, -0.2) is 0 Å². The van der Waals surface area contributed by atoms with Crippen molar-refractivity contribution in [3.05, 3.63) is 30.1 Å². The normalized spacial score (nSPS) is 19.6. The summed E-state index contributed by atoms with van der Waals surface area (Å²) < 4.78 is 0. The van der Waals surface area contributed by atoms with Crippen LogP contribution in [0.4, 0.5) is 0 Å². The molecule has 0 radical (unpaired) electrons. The first-order valence-electron chi connectivity index (χ1n) is 7.03. The van der Waals surface area contributed by atoms with Crippen molar-refractivity contribution >= 4 is 16.9 Å². The lowest BCUT2D eigenvalue weighted by molar-refractivity contribution is 0.318. The number of aliphatic imine (C=N–C) groups is 1. The minimum absolute atomic E-state index is 0.260. The SMILES string of the molecule is CCC1(CC)CN=C(NC(C)c2cccnc2)SC1. The third-order valence-electron chi connectivity index (χ3n) is 4.10. The topological polar surface area (TPSA) is 37.3 Å². The third-order valence-corrected chi connectivity index (χ3v) is 5.37. The molecule has 0 aliphatic carbocycles. The van der Waals surface area contributed by atoms with Crippen molar-refractivity contribution in [1.29, 1.82) is 0 Å². The molecule has 0 fully saturated rings. The van der Waals surface area contributed by atoms with Crippen LogP contribution in [0.1, 0.15) is 45.2 Å². The van der Waals surface area contributed by atoms with Crippen LogP contribution in [0.2, 0.25) is 0 Å². The first-order valence-corrected chi connectivity index (χ1v) is 8.01. The molecule has 0 amide bonds. The van der Waals surface area contributed by atoms with Crippen LogP contribution in [-0.4, -0.2) is 22.4 Å². The van der Waals surface area contributed by atoms with Gasteiger partial charge in [-0.15, -0.1) is 0 Å². The Balaban J connectivity index is 1.96. The maximum atomic E-state index is 4.74. The Morgan fingerprint density at radius 2 is 2.21 bits per heavy atom. The van der Waals surface area contributed by atoms with E-state index < -0.39 is 0 Å². The molecule has 1 atom stereocenters. The van der Waals surface area contributed by atoms with Crippen molar-refractivity contribution in [3.8, 4) is 0 Å². The predicted molar refractivity (Wildman–Crippen MR) is 83.6 cm³/mol. The number of aromatic nitrogens is 1. The van der Waals surface area contributed by atoms with Crippen molar-refractivity contribution in [2.45, 2.75) is 39.7 Å². The molecule has 1 N–H and O–H groups in total. The van der Waals surface area contributed by atoms with Crippen LogP contribution in [-0.2, 0) is 0 Å². The van der Waals surface area contributed by atoms with Gasteiger partial charge < -0.3 is 5.32 Å². The van der Waals surface area contributed by atoms with E-state index in [2.05, 4.69) is 37.1 Å². The molecular formula is C15H23N3S. The third kappa shape index (κ3) is 3.50. The van der Waals surface area contributed by atoms with Crippen molar-refractivity contribution in [1.82, 2.24) is 10.3 Å². The Kier molecular flexibility index (Phi) is 4.86. The first kappa shape index (κ1) is 14.4. The number of rotatable bonds is 4. The number of nitrogens with one attached hydrogen (secondary N) is 1. The fraction of sp³-hybridized carbons (Fsp3) is 0.600. The second-order valence-corrected chi connectivity index (χ2v) is 6.23.